The van der Waals surface area contributed by atoms with Gasteiger partial charge in [-0.05, 0) is 41.8 Å². The van der Waals surface area contributed by atoms with Crippen LogP contribution in [-0.4, -0.2) is 16.2 Å². The topological polar surface area (TPSA) is 57.5 Å². The fraction of sp³-hybridized carbons (Fsp3) is 0.500. The molecule has 0 amide bonds. The summed E-state index contributed by atoms with van der Waals surface area (Å²) in [5, 5.41) is 18.2. The third kappa shape index (κ3) is 3.93. The molecule has 0 aromatic carbocycles. The molecule has 0 bridgehead atoms. The van der Waals surface area contributed by atoms with Crippen LogP contribution in [-0.2, 0) is 4.79 Å². The zero-order valence-electron chi connectivity index (χ0n) is 8.36. The first-order valence-electron chi connectivity index (χ1n) is 4.66. The van der Waals surface area contributed by atoms with Crippen molar-refractivity contribution in [3.63, 3.8) is 0 Å². The Bertz CT molecular complexity index is 329. The van der Waals surface area contributed by atoms with Crippen LogP contribution in [0.15, 0.2) is 10.5 Å². The summed E-state index contributed by atoms with van der Waals surface area (Å²) in [7, 11) is 0. The molecule has 1 unspecified atom stereocenters. The first kappa shape index (κ1) is 12.7. The minimum Gasteiger partial charge on any atom is -0.481 e. The fourth-order valence-corrected chi connectivity index (χ4v) is 2.82. The van der Waals surface area contributed by atoms with Crippen LogP contribution in [0.25, 0.3) is 0 Å². The Balaban J connectivity index is 2.46. The third-order valence-electron chi connectivity index (χ3n) is 2.07. The second-order valence-electron chi connectivity index (χ2n) is 3.35. The molecule has 1 rings (SSSR count). The van der Waals surface area contributed by atoms with Crippen LogP contribution in [0.4, 0.5) is 0 Å². The summed E-state index contributed by atoms with van der Waals surface area (Å²) in [5.74, 6) is -0.814. The molecular formula is C10H13BrO3S. The summed E-state index contributed by atoms with van der Waals surface area (Å²) in [6.07, 6.45) is 0.575. The van der Waals surface area contributed by atoms with Crippen LogP contribution < -0.4 is 0 Å². The normalized spacial score (nSPS) is 12.7. The lowest BCUT2D eigenvalue weighted by molar-refractivity contribution is -0.137. The molecule has 1 aromatic heterocycles. The van der Waals surface area contributed by atoms with E-state index in [1.165, 1.54) is 11.3 Å². The van der Waals surface area contributed by atoms with E-state index in [9.17, 15) is 9.90 Å². The number of hydrogen-bond acceptors (Lipinski definition) is 3. The van der Waals surface area contributed by atoms with Gasteiger partial charge in [-0.3, -0.25) is 4.79 Å². The zero-order valence-corrected chi connectivity index (χ0v) is 10.8. The Morgan fingerprint density at radius 2 is 2.33 bits per heavy atom. The number of carboxylic acids is 1. The number of aliphatic hydroxyl groups excluding tert-OH is 1. The summed E-state index contributed by atoms with van der Waals surface area (Å²) >= 11 is 4.92. The number of carboxylic acid groups (broad SMARTS) is 1. The van der Waals surface area contributed by atoms with Crippen molar-refractivity contribution < 1.29 is 15.0 Å². The van der Waals surface area contributed by atoms with Gasteiger partial charge in [0.1, 0.15) is 0 Å². The molecule has 0 saturated carbocycles. The quantitative estimate of drug-likeness (QED) is 0.877. The molecular weight excluding hydrogens is 280 g/mol. The van der Waals surface area contributed by atoms with Crippen molar-refractivity contribution >= 4 is 33.2 Å². The van der Waals surface area contributed by atoms with Crippen LogP contribution >= 0.6 is 27.3 Å². The third-order valence-corrected chi connectivity index (χ3v) is 4.31. The highest BCUT2D eigenvalue weighted by Crippen LogP contribution is 2.32. The van der Waals surface area contributed by atoms with E-state index in [4.69, 9.17) is 5.11 Å². The Morgan fingerprint density at radius 1 is 1.67 bits per heavy atom. The number of halogens is 1. The molecule has 1 aromatic rings. The van der Waals surface area contributed by atoms with Gasteiger partial charge in [0.2, 0.25) is 0 Å². The van der Waals surface area contributed by atoms with Gasteiger partial charge in [-0.25, -0.2) is 0 Å². The Kier molecular flexibility index (Phi) is 4.76. The van der Waals surface area contributed by atoms with Gasteiger partial charge < -0.3 is 10.2 Å². The smallest absolute Gasteiger partial charge is 0.303 e. The lowest BCUT2D eigenvalue weighted by Crippen LogP contribution is -1.98. The maximum absolute atomic E-state index is 10.3. The van der Waals surface area contributed by atoms with Gasteiger partial charge in [0, 0.05) is 20.6 Å². The molecule has 1 atom stereocenters. The van der Waals surface area contributed by atoms with Crippen molar-refractivity contribution in [3.8, 4) is 0 Å². The molecule has 5 heteroatoms. The fourth-order valence-electron chi connectivity index (χ4n) is 1.23. The van der Waals surface area contributed by atoms with E-state index in [1.807, 2.05) is 13.0 Å². The summed E-state index contributed by atoms with van der Waals surface area (Å²) in [6, 6.07) is 1.89. The molecule has 0 aliphatic rings. The van der Waals surface area contributed by atoms with Gasteiger partial charge in [-0.2, -0.15) is 0 Å². The first-order chi connectivity index (χ1) is 7.00. The molecule has 0 aliphatic heterocycles. The van der Waals surface area contributed by atoms with Crippen molar-refractivity contribution in [1.82, 2.24) is 0 Å². The van der Waals surface area contributed by atoms with Gasteiger partial charge >= 0.3 is 5.97 Å². The zero-order chi connectivity index (χ0) is 11.4. The highest BCUT2D eigenvalue weighted by atomic mass is 79.9. The highest BCUT2D eigenvalue weighted by Gasteiger charge is 2.12. The van der Waals surface area contributed by atoms with Gasteiger partial charge in [-0.1, -0.05) is 0 Å². The standard InChI is InChI=1S/C10H13BrO3S/c1-6-7(11)5-9(15-6)8(12)3-2-4-10(13)14/h5,8,12H,2-4H2,1H3,(H,13,14). The van der Waals surface area contributed by atoms with Gasteiger partial charge in [0.05, 0.1) is 6.10 Å². The average molecular weight is 293 g/mol. The molecule has 0 saturated heterocycles. The lowest BCUT2D eigenvalue weighted by atomic mass is 10.1. The minimum absolute atomic E-state index is 0.114. The molecule has 15 heavy (non-hydrogen) atoms. The minimum atomic E-state index is -0.814. The number of aliphatic carboxylic acids is 1. The summed E-state index contributed by atoms with van der Waals surface area (Å²) in [4.78, 5) is 12.3. The Labute approximate surface area is 101 Å². The molecule has 2 N–H and O–H groups in total. The maximum atomic E-state index is 10.3. The Hall–Kier alpha value is -0.390. The number of thiophene rings is 1. The summed E-state index contributed by atoms with van der Waals surface area (Å²) < 4.78 is 1.000. The molecule has 0 spiro atoms. The highest BCUT2D eigenvalue weighted by molar-refractivity contribution is 9.10. The number of rotatable bonds is 5. The van der Waals surface area contributed by atoms with E-state index in [1.54, 1.807) is 0 Å². The first-order valence-corrected chi connectivity index (χ1v) is 6.27. The molecule has 3 nitrogen and oxygen atoms in total. The second kappa shape index (κ2) is 5.63. The van der Waals surface area contributed by atoms with Crippen LogP contribution in [0.1, 0.15) is 35.1 Å². The maximum Gasteiger partial charge on any atom is 0.303 e. The van der Waals surface area contributed by atoms with Crippen LogP contribution in [0.2, 0.25) is 0 Å². The molecule has 84 valence electrons. The van der Waals surface area contributed by atoms with Crippen molar-refractivity contribution in [2.45, 2.75) is 32.3 Å². The van der Waals surface area contributed by atoms with E-state index in [2.05, 4.69) is 15.9 Å². The Morgan fingerprint density at radius 3 is 2.80 bits per heavy atom. The van der Waals surface area contributed by atoms with Crippen molar-refractivity contribution in [1.29, 1.82) is 0 Å². The number of aryl methyl sites for hydroxylation is 1. The van der Waals surface area contributed by atoms with E-state index >= 15 is 0 Å². The second-order valence-corrected chi connectivity index (χ2v) is 5.50. The van der Waals surface area contributed by atoms with E-state index in [0.29, 0.717) is 12.8 Å². The number of aliphatic hydroxyl groups is 1. The van der Waals surface area contributed by atoms with Crippen molar-refractivity contribution in [2.24, 2.45) is 0 Å². The van der Waals surface area contributed by atoms with Crippen molar-refractivity contribution in [3.05, 3.63) is 20.3 Å². The number of hydrogen-bond donors (Lipinski definition) is 2. The predicted molar refractivity (Wildman–Crippen MR) is 63.2 cm³/mol. The monoisotopic (exact) mass is 292 g/mol. The average Bonchev–Trinajstić information content (AvgIpc) is 2.46. The predicted octanol–water partition coefficient (Wildman–Crippen LogP) is 3.11. The SMILES string of the molecule is Cc1sc(C(O)CCCC(=O)O)cc1Br. The van der Waals surface area contributed by atoms with Gasteiger partial charge in [-0.15, -0.1) is 11.3 Å². The van der Waals surface area contributed by atoms with Gasteiger partial charge in [0.15, 0.2) is 0 Å². The molecule has 0 fully saturated rings. The number of carbonyl (C=O) groups is 1. The molecule has 0 aliphatic carbocycles. The largest absolute Gasteiger partial charge is 0.481 e. The van der Waals surface area contributed by atoms with E-state index in [-0.39, 0.29) is 6.42 Å². The van der Waals surface area contributed by atoms with Crippen LogP contribution in [0.5, 0.6) is 0 Å². The van der Waals surface area contributed by atoms with E-state index in [0.717, 1.165) is 14.2 Å². The molecule has 0 radical (unpaired) electrons. The van der Waals surface area contributed by atoms with E-state index < -0.39 is 12.1 Å². The summed E-state index contributed by atoms with van der Waals surface area (Å²) in [6.45, 7) is 1.97. The van der Waals surface area contributed by atoms with Crippen molar-refractivity contribution in [2.75, 3.05) is 0 Å². The lowest BCUT2D eigenvalue weighted by Gasteiger charge is -2.06. The van der Waals surface area contributed by atoms with Crippen LogP contribution in [0.3, 0.4) is 0 Å². The van der Waals surface area contributed by atoms with Gasteiger partial charge in [0.25, 0.3) is 0 Å². The molecule has 1 heterocycles. The van der Waals surface area contributed by atoms with Crippen LogP contribution in [0, 0.1) is 6.92 Å². The summed E-state index contributed by atoms with van der Waals surface area (Å²) in [5.41, 5.74) is 0.